The normalized spacial score (nSPS) is 13.9. The van der Waals surface area contributed by atoms with Gasteiger partial charge in [0.15, 0.2) is 0 Å². The molecule has 0 bridgehead atoms. The Bertz CT molecular complexity index is 1360. The van der Waals surface area contributed by atoms with Gasteiger partial charge in [-0.25, -0.2) is 9.97 Å². The summed E-state index contributed by atoms with van der Waals surface area (Å²) in [5.41, 5.74) is 2.16. The van der Waals surface area contributed by atoms with E-state index in [1.807, 2.05) is 76.7 Å². The van der Waals surface area contributed by atoms with E-state index in [0.717, 1.165) is 35.3 Å². The highest BCUT2D eigenvalue weighted by atomic mass is 16.5. The molecule has 190 valence electrons. The SMILES string of the molecule is CC(=O)NCCN(c1cccc(C(=O)N2CCC(Oc3ccccc3)CC2)c1)c1ncnc2[nH]ccc12. The van der Waals surface area contributed by atoms with Crippen LogP contribution in [0.1, 0.15) is 30.1 Å². The molecule has 4 aromatic rings. The summed E-state index contributed by atoms with van der Waals surface area (Å²) in [7, 11) is 0. The molecule has 1 fully saturated rings. The number of ether oxygens (including phenoxy) is 1. The summed E-state index contributed by atoms with van der Waals surface area (Å²) >= 11 is 0. The molecular weight excluding hydrogens is 468 g/mol. The molecule has 5 rings (SSSR count). The van der Waals surface area contributed by atoms with Crippen molar-refractivity contribution in [1.82, 2.24) is 25.2 Å². The van der Waals surface area contributed by atoms with E-state index in [1.165, 1.54) is 13.3 Å². The van der Waals surface area contributed by atoms with E-state index in [4.69, 9.17) is 4.74 Å². The van der Waals surface area contributed by atoms with Crippen LogP contribution in [0.3, 0.4) is 0 Å². The number of aromatic nitrogens is 3. The number of nitrogens with one attached hydrogen (secondary N) is 2. The highest BCUT2D eigenvalue weighted by Gasteiger charge is 2.25. The van der Waals surface area contributed by atoms with Crippen LogP contribution in [0.25, 0.3) is 11.0 Å². The smallest absolute Gasteiger partial charge is 0.253 e. The van der Waals surface area contributed by atoms with Crippen LogP contribution in [0.15, 0.2) is 73.2 Å². The first-order valence-electron chi connectivity index (χ1n) is 12.5. The number of hydrogen-bond acceptors (Lipinski definition) is 6. The van der Waals surface area contributed by atoms with E-state index >= 15 is 0 Å². The lowest BCUT2D eigenvalue weighted by molar-refractivity contribution is -0.118. The zero-order valence-electron chi connectivity index (χ0n) is 20.8. The number of para-hydroxylation sites is 1. The Labute approximate surface area is 215 Å². The first-order chi connectivity index (χ1) is 18.1. The monoisotopic (exact) mass is 498 g/mol. The van der Waals surface area contributed by atoms with Gasteiger partial charge in [0.25, 0.3) is 5.91 Å². The van der Waals surface area contributed by atoms with Crippen LogP contribution in [0.4, 0.5) is 11.5 Å². The molecule has 0 unspecified atom stereocenters. The first kappa shape index (κ1) is 24.3. The second-order valence-electron chi connectivity index (χ2n) is 9.04. The number of carbonyl (C=O) groups excluding carboxylic acids is 2. The summed E-state index contributed by atoms with van der Waals surface area (Å²) in [6.45, 7) is 3.69. The number of rotatable bonds is 8. The molecule has 1 aliphatic rings. The van der Waals surface area contributed by atoms with Crippen LogP contribution < -0.4 is 15.0 Å². The van der Waals surface area contributed by atoms with Gasteiger partial charge in [-0.3, -0.25) is 9.59 Å². The number of benzene rings is 2. The van der Waals surface area contributed by atoms with Gasteiger partial charge < -0.3 is 24.8 Å². The minimum absolute atomic E-state index is 0.00343. The molecule has 0 radical (unpaired) electrons. The molecule has 2 N–H and O–H groups in total. The van der Waals surface area contributed by atoms with Gasteiger partial charge >= 0.3 is 0 Å². The summed E-state index contributed by atoms with van der Waals surface area (Å²) < 4.78 is 6.08. The van der Waals surface area contributed by atoms with Crippen molar-refractivity contribution >= 4 is 34.4 Å². The molecule has 3 heterocycles. The van der Waals surface area contributed by atoms with E-state index < -0.39 is 0 Å². The molecule has 0 spiro atoms. The van der Waals surface area contributed by atoms with Crippen LogP contribution in [0.2, 0.25) is 0 Å². The van der Waals surface area contributed by atoms with Gasteiger partial charge in [0.05, 0.1) is 5.39 Å². The van der Waals surface area contributed by atoms with Crippen molar-refractivity contribution in [2.75, 3.05) is 31.1 Å². The second-order valence-corrected chi connectivity index (χ2v) is 9.04. The van der Waals surface area contributed by atoms with Crippen molar-refractivity contribution in [2.24, 2.45) is 0 Å². The minimum atomic E-state index is -0.0991. The van der Waals surface area contributed by atoms with Crippen LogP contribution in [0, 0.1) is 0 Å². The largest absolute Gasteiger partial charge is 0.490 e. The fourth-order valence-corrected chi connectivity index (χ4v) is 4.63. The number of fused-ring (bicyclic) bond motifs is 1. The van der Waals surface area contributed by atoms with Crippen LogP contribution in [-0.4, -0.2) is 63.9 Å². The Morgan fingerprint density at radius 2 is 1.89 bits per heavy atom. The highest BCUT2D eigenvalue weighted by Crippen LogP contribution is 2.30. The number of anilines is 2. The summed E-state index contributed by atoms with van der Waals surface area (Å²) in [4.78, 5) is 40.8. The molecule has 2 amide bonds. The van der Waals surface area contributed by atoms with Gasteiger partial charge in [-0.1, -0.05) is 24.3 Å². The Hall–Kier alpha value is -4.40. The maximum atomic E-state index is 13.4. The quantitative estimate of drug-likeness (QED) is 0.382. The molecule has 9 heteroatoms. The molecule has 0 atom stereocenters. The highest BCUT2D eigenvalue weighted by molar-refractivity contribution is 5.96. The zero-order chi connectivity index (χ0) is 25.6. The molecule has 2 aromatic carbocycles. The van der Waals surface area contributed by atoms with E-state index in [-0.39, 0.29) is 17.9 Å². The van der Waals surface area contributed by atoms with Crippen molar-refractivity contribution < 1.29 is 14.3 Å². The lowest BCUT2D eigenvalue weighted by atomic mass is 10.1. The average molecular weight is 499 g/mol. The van der Waals surface area contributed by atoms with Gasteiger partial charge in [0.2, 0.25) is 5.91 Å². The number of piperidine rings is 1. The molecule has 1 saturated heterocycles. The molecule has 9 nitrogen and oxygen atoms in total. The predicted octanol–water partition coefficient (Wildman–Crippen LogP) is 3.92. The molecule has 0 aliphatic carbocycles. The predicted molar refractivity (Wildman–Crippen MR) is 142 cm³/mol. The van der Waals surface area contributed by atoms with Crippen molar-refractivity contribution in [1.29, 1.82) is 0 Å². The summed E-state index contributed by atoms with van der Waals surface area (Å²) in [5.74, 6) is 1.47. The lowest BCUT2D eigenvalue weighted by Crippen LogP contribution is -2.41. The maximum absolute atomic E-state index is 13.4. The fourth-order valence-electron chi connectivity index (χ4n) is 4.63. The standard InChI is InChI=1S/C28H30N6O3/c1-20(35)29-14-17-34(27-25-10-13-30-26(25)31-19-32-27)22-7-5-6-21(18-22)28(36)33-15-11-24(12-16-33)37-23-8-3-2-4-9-23/h2-10,13,18-19,24H,11-12,14-17H2,1H3,(H,29,35)(H,30,31,32). The topological polar surface area (TPSA) is 103 Å². The van der Waals surface area contributed by atoms with Crippen molar-refractivity contribution in [2.45, 2.75) is 25.9 Å². The number of likely N-dealkylation sites (tertiary alicyclic amines) is 1. The Balaban J connectivity index is 1.32. The number of amides is 2. The zero-order valence-corrected chi connectivity index (χ0v) is 20.8. The summed E-state index contributed by atoms with van der Waals surface area (Å²) in [6.07, 6.45) is 5.00. The minimum Gasteiger partial charge on any atom is -0.490 e. The number of nitrogens with zero attached hydrogens (tertiary/aromatic N) is 4. The number of aromatic amines is 1. The van der Waals surface area contributed by atoms with E-state index in [1.54, 1.807) is 0 Å². The van der Waals surface area contributed by atoms with E-state index in [9.17, 15) is 9.59 Å². The molecule has 0 saturated carbocycles. The van der Waals surface area contributed by atoms with Gasteiger partial charge in [-0.05, 0) is 36.4 Å². The first-order valence-corrected chi connectivity index (χ1v) is 12.5. The van der Waals surface area contributed by atoms with Gasteiger partial charge in [-0.15, -0.1) is 0 Å². The van der Waals surface area contributed by atoms with Crippen LogP contribution in [-0.2, 0) is 4.79 Å². The maximum Gasteiger partial charge on any atom is 0.253 e. The number of hydrogen-bond donors (Lipinski definition) is 2. The number of H-pyrrole nitrogens is 1. The Kier molecular flexibility index (Phi) is 7.30. The van der Waals surface area contributed by atoms with Crippen molar-refractivity contribution in [3.05, 3.63) is 78.8 Å². The second kappa shape index (κ2) is 11.1. The van der Waals surface area contributed by atoms with Crippen LogP contribution >= 0.6 is 0 Å². The third-order valence-corrected chi connectivity index (χ3v) is 6.48. The van der Waals surface area contributed by atoms with E-state index in [2.05, 4.69) is 20.3 Å². The van der Waals surface area contributed by atoms with Gasteiger partial charge in [0.1, 0.15) is 29.6 Å². The van der Waals surface area contributed by atoms with E-state index in [0.29, 0.717) is 37.6 Å². The van der Waals surface area contributed by atoms with Gasteiger partial charge in [-0.2, -0.15) is 0 Å². The number of carbonyl (C=O) groups is 2. The third-order valence-electron chi connectivity index (χ3n) is 6.48. The third kappa shape index (κ3) is 5.72. The Morgan fingerprint density at radius 1 is 1.08 bits per heavy atom. The molecular formula is C28H30N6O3. The van der Waals surface area contributed by atoms with Gasteiger partial charge in [0, 0.05) is 63.4 Å². The Morgan fingerprint density at radius 3 is 2.68 bits per heavy atom. The van der Waals surface area contributed by atoms with Crippen molar-refractivity contribution in [3.8, 4) is 5.75 Å². The average Bonchev–Trinajstić information content (AvgIpc) is 3.41. The molecule has 1 aliphatic heterocycles. The summed E-state index contributed by atoms with van der Waals surface area (Å²) in [6, 6.07) is 19.3. The lowest BCUT2D eigenvalue weighted by Gasteiger charge is -2.32. The molecule has 2 aromatic heterocycles. The van der Waals surface area contributed by atoms with Crippen LogP contribution in [0.5, 0.6) is 5.75 Å². The molecule has 37 heavy (non-hydrogen) atoms. The fraction of sp³-hybridized carbons (Fsp3) is 0.286. The summed E-state index contributed by atoms with van der Waals surface area (Å²) in [5, 5.41) is 3.71. The van der Waals surface area contributed by atoms with Crippen molar-refractivity contribution in [3.63, 3.8) is 0 Å².